The third kappa shape index (κ3) is 3.12. The van der Waals surface area contributed by atoms with Crippen molar-refractivity contribution in [3.05, 3.63) is 71.2 Å². The zero-order valence-corrected chi connectivity index (χ0v) is 15.0. The number of fused-ring (bicyclic) bond motifs is 1. The average molecular weight is 353 g/mol. The number of rotatable bonds is 5. The third-order valence-corrected chi connectivity index (χ3v) is 4.81. The number of aromatic nitrogens is 1. The molecule has 1 aromatic heterocycles. The molecule has 0 amide bonds. The molecule has 0 spiro atoms. The van der Waals surface area contributed by atoms with Crippen LogP contribution in [0.1, 0.15) is 29.2 Å². The number of halogens is 1. The molecule has 5 heteroatoms. The molecule has 3 rings (SSSR count). The lowest BCUT2D eigenvalue weighted by Crippen LogP contribution is -2.20. The summed E-state index contributed by atoms with van der Waals surface area (Å²) >= 11 is 0. The van der Waals surface area contributed by atoms with Gasteiger partial charge < -0.3 is 9.30 Å². The fraction of sp³-hybridized carbons (Fsp3) is 0.238. The van der Waals surface area contributed by atoms with E-state index in [4.69, 9.17) is 0 Å². The van der Waals surface area contributed by atoms with Crippen molar-refractivity contribution in [3.8, 4) is 0 Å². The number of hydrogen-bond donors (Lipinski definition) is 0. The van der Waals surface area contributed by atoms with Gasteiger partial charge in [0, 0.05) is 30.5 Å². The standard InChI is InChI=1S/C21H20FNO3/c1-13-16-10-9-15(22)11-18(16)23(2)20(13)17(12-19(24)21(25)26-3)14-7-5-4-6-8-14/h4-11,17H,12H2,1-3H3/t17-/m1/s1. The van der Waals surface area contributed by atoms with Crippen molar-refractivity contribution in [2.24, 2.45) is 7.05 Å². The van der Waals surface area contributed by atoms with E-state index >= 15 is 0 Å². The Morgan fingerprint density at radius 3 is 2.50 bits per heavy atom. The van der Waals surface area contributed by atoms with Crippen LogP contribution in [0.2, 0.25) is 0 Å². The quantitative estimate of drug-likeness (QED) is 0.516. The third-order valence-electron chi connectivity index (χ3n) is 4.81. The van der Waals surface area contributed by atoms with Gasteiger partial charge in [0.1, 0.15) is 5.82 Å². The molecule has 4 nitrogen and oxygen atoms in total. The molecule has 1 heterocycles. The Hall–Kier alpha value is -2.95. The lowest BCUT2D eigenvalue weighted by atomic mass is 9.88. The van der Waals surface area contributed by atoms with E-state index in [1.165, 1.54) is 19.2 Å². The summed E-state index contributed by atoms with van der Waals surface area (Å²) in [5.41, 5.74) is 3.52. The van der Waals surface area contributed by atoms with Crippen LogP contribution in [-0.4, -0.2) is 23.4 Å². The second-order valence-electron chi connectivity index (χ2n) is 6.31. The molecule has 0 saturated heterocycles. The summed E-state index contributed by atoms with van der Waals surface area (Å²) in [6.07, 6.45) is -0.00975. The first-order valence-corrected chi connectivity index (χ1v) is 8.34. The van der Waals surface area contributed by atoms with Crippen LogP contribution >= 0.6 is 0 Å². The average Bonchev–Trinajstić information content (AvgIpc) is 2.89. The van der Waals surface area contributed by atoms with E-state index in [9.17, 15) is 14.0 Å². The number of esters is 1. The topological polar surface area (TPSA) is 48.3 Å². The first-order valence-electron chi connectivity index (χ1n) is 8.34. The van der Waals surface area contributed by atoms with Gasteiger partial charge in [0.15, 0.2) is 0 Å². The predicted octanol–water partition coefficient (Wildman–Crippen LogP) is 3.89. The summed E-state index contributed by atoms with van der Waals surface area (Å²) in [5.74, 6) is -2.08. The van der Waals surface area contributed by atoms with Crippen molar-refractivity contribution in [1.29, 1.82) is 0 Å². The normalized spacial score (nSPS) is 12.2. The van der Waals surface area contributed by atoms with Gasteiger partial charge in [0.2, 0.25) is 5.78 Å². The molecule has 0 N–H and O–H groups in total. The van der Waals surface area contributed by atoms with Gasteiger partial charge in [0.25, 0.3) is 0 Å². The van der Waals surface area contributed by atoms with Crippen LogP contribution in [0, 0.1) is 12.7 Å². The van der Waals surface area contributed by atoms with E-state index in [2.05, 4.69) is 4.74 Å². The number of methoxy groups -OCH3 is 1. The van der Waals surface area contributed by atoms with Crippen LogP contribution in [0.5, 0.6) is 0 Å². The van der Waals surface area contributed by atoms with E-state index in [1.54, 1.807) is 6.07 Å². The molecule has 0 aliphatic carbocycles. The fourth-order valence-electron chi connectivity index (χ4n) is 3.55. The van der Waals surface area contributed by atoms with E-state index in [-0.39, 0.29) is 18.2 Å². The number of hydrogen-bond acceptors (Lipinski definition) is 3. The minimum Gasteiger partial charge on any atom is -0.463 e. The van der Waals surface area contributed by atoms with Crippen molar-refractivity contribution in [2.45, 2.75) is 19.3 Å². The van der Waals surface area contributed by atoms with E-state index < -0.39 is 11.8 Å². The molecular formula is C21H20FNO3. The molecule has 0 aliphatic heterocycles. The van der Waals surface area contributed by atoms with Crippen molar-refractivity contribution in [2.75, 3.05) is 7.11 Å². The lowest BCUT2D eigenvalue weighted by Gasteiger charge is -2.19. The molecule has 0 aliphatic rings. The Labute approximate surface area is 151 Å². The highest BCUT2D eigenvalue weighted by atomic mass is 19.1. The molecule has 0 radical (unpaired) electrons. The molecule has 0 saturated carbocycles. The van der Waals surface area contributed by atoms with E-state index in [0.717, 1.165) is 27.7 Å². The van der Waals surface area contributed by atoms with Crippen LogP contribution in [0.15, 0.2) is 48.5 Å². The minimum atomic E-state index is -0.853. The van der Waals surface area contributed by atoms with Gasteiger partial charge in [-0.15, -0.1) is 0 Å². The highest BCUT2D eigenvalue weighted by Crippen LogP contribution is 2.36. The highest BCUT2D eigenvalue weighted by Gasteiger charge is 2.27. The number of carbonyl (C=O) groups excluding carboxylic acids is 2. The molecule has 1 atom stereocenters. The number of Topliss-reactive ketones (excluding diaryl/α,β-unsaturated/α-hetero) is 1. The van der Waals surface area contributed by atoms with Gasteiger partial charge in [-0.25, -0.2) is 9.18 Å². The van der Waals surface area contributed by atoms with E-state index in [1.807, 2.05) is 48.9 Å². The Kier molecular flexibility index (Phi) is 4.89. The minimum absolute atomic E-state index is 0.00975. The summed E-state index contributed by atoms with van der Waals surface area (Å²) in [4.78, 5) is 23.9. The Morgan fingerprint density at radius 1 is 1.15 bits per heavy atom. The molecule has 0 bridgehead atoms. The number of benzene rings is 2. The van der Waals surface area contributed by atoms with Crippen molar-refractivity contribution in [3.63, 3.8) is 0 Å². The smallest absolute Gasteiger partial charge is 0.374 e. The van der Waals surface area contributed by atoms with Gasteiger partial charge in [-0.1, -0.05) is 30.3 Å². The number of carbonyl (C=O) groups is 2. The first-order chi connectivity index (χ1) is 12.4. The van der Waals surface area contributed by atoms with Gasteiger partial charge >= 0.3 is 5.97 Å². The summed E-state index contributed by atoms with van der Waals surface area (Å²) in [6, 6.07) is 14.2. The lowest BCUT2D eigenvalue weighted by molar-refractivity contribution is -0.151. The van der Waals surface area contributed by atoms with Crippen LogP contribution in [0.25, 0.3) is 10.9 Å². The maximum absolute atomic E-state index is 13.7. The number of aryl methyl sites for hydroxylation is 2. The zero-order valence-electron chi connectivity index (χ0n) is 15.0. The Balaban J connectivity index is 2.17. The predicted molar refractivity (Wildman–Crippen MR) is 97.5 cm³/mol. The number of ketones is 1. The maximum Gasteiger partial charge on any atom is 0.374 e. The molecule has 26 heavy (non-hydrogen) atoms. The van der Waals surface area contributed by atoms with Gasteiger partial charge in [0.05, 0.1) is 12.6 Å². The number of nitrogens with zero attached hydrogens (tertiary/aromatic N) is 1. The van der Waals surface area contributed by atoms with Gasteiger partial charge in [-0.2, -0.15) is 0 Å². The fourth-order valence-corrected chi connectivity index (χ4v) is 3.55. The molecule has 134 valence electrons. The monoisotopic (exact) mass is 353 g/mol. The summed E-state index contributed by atoms with van der Waals surface area (Å²) in [6.45, 7) is 1.95. The van der Waals surface area contributed by atoms with Crippen molar-refractivity contribution >= 4 is 22.7 Å². The van der Waals surface area contributed by atoms with Gasteiger partial charge in [-0.05, 0) is 36.2 Å². The van der Waals surface area contributed by atoms with Crippen LogP contribution in [0.3, 0.4) is 0 Å². The molecular weight excluding hydrogens is 333 g/mol. The Bertz CT molecular complexity index is 976. The van der Waals surface area contributed by atoms with E-state index in [0.29, 0.717) is 0 Å². The molecule has 0 unspecified atom stereocenters. The summed E-state index contributed by atoms with van der Waals surface area (Å²) in [5, 5.41) is 0.926. The maximum atomic E-state index is 13.7. The van der Waals surface area contributed by atoms with Gasteiger partial charge in [-0.3, -0.25) is 4.79 Å². The summed E-state index contributed by atoms with van der Waals surface area (Å²) < 4.78 is 20.2. The second-order valence-corrected chi connectivity index (χ2v) is 6.31. The zero-order chi connectivity index (χ0) is 18.8. The van der Waals surface area contributed by atoms with Crippen LogP contribution in [-0.2, 0) is 21.4 Å². The molecule has 0 fully saturated rings. The second kappa shape index (κ2) is 7.12. The first kappa shape index (κ1) is 17.9. The summed E-state index contributed by atoms with van der Waals surface area (Å²) in [7, 11) is 3.05. The molecule has 2 aromatic carbocycles. The van der Waals surface area contributed by atoms with Crippen LogP contribution < -0.4 is 0 Å². The Morgan fingerprint density at radius 2 is 1.85 bits per heavy atom. The SMILES string of the molecule is COC(=O)C(=O)C[C@H](c1ccccc1)c1c(C)c2ccc(F)cc2n1C. The van der Waals surface area contributed by atoms with Crippen molar-refractivity contribution in [1.82, 2.24) is 4.57 Å². The highest BCUT2D eigenvalue weighted by molar-refractivity contribution is 6.33. The molecule has 3 aromatic rings. The van der Waals surface area contributed by atoms with Crippen LogP contribution in [0.4, 0.5) is 4.39 Å². The number of ether oxygens (including phenoxy) is 1. The largest absolute Gasteiger partial charge is 0.463 e. The van der Waals surface area contributed by atoms with Crippen molar-refractivity contribution < 1.29 is 18.7 Å².